The number of hydrogen-bond acceptors (Lipinski definition) is 1. The topological polar surface area (TPSA) is 26.0 Å². The summed E-state index contributed by atoms with van der Waals surface area (Å²) < 4.78 is 51.3. The fourth-order valence-electron chi connectivity index (χ4n) is 1.45. The van der Waals surface area contributed by atoms with Crippen molar-refractivity contribution in [3.63, 3.8) is 0 Å². The molecule has 1 aromatic rings. The standard InChI is InChI=1S/C9H7F4N/c10-6-3-1-2-5(7(6)11)8(14)4-9(8,12)13/h1-3H,4,14H2. The van der Waals surface area contributed by atoms with Gasteiger partial charge in [0.05, 0.1) is 0 Å². The van der Waals surface area contributed by atoms with E-state index in [-0.39, 0.29) is 0 Å². The monoisotopic (exact) mass is 205 g/mol. The first-order chi connectivity index (χ1) is 6.38. The van der Waals surface area contributed by atoms with Gasteiger partial charge in [-0.05, 0) is 6.07 Å². The van der Waals surface area contributed by atoms with Crippen molar-refractivity contribution in [3.05, 3.63) is 35.4 Å². The summed E-state index contributed by atoms with van der Waals surface area (Å²) in [5.74, 6) is -5.58. The predicted octanol–water partition coefficient (Wildman–Crippen LogP) is 2.16. The first-order valence-electron chi connectivity index (χ1n) is 4.00. The van der Waals surface area contributed by atoms with Gasteiger partial charge in [0.2, 0.25) is 0 Å². The van der Waals surface area contributed by atoms with Crippen LogP contribution >= 0.6 is 0 Å². The van der Waals surface area contributed by atoms with Crippen molar-refractivity contribution < 1.29 is 17.6 Å². The molecule has 0 aromatic heterocycles. The van der Waals surface area contributed by atoms with Gasteiger partial charge in [0, 0.05) is 12.0 Å². The van der Waals surface area contributed by atoms with Gasteiger partial charge in [-0.25, -0.2) is 17.6 Å². The Hall–Kier alpha value is -1.10. The molecule has 1 atom stereocenters. The van der Waals surface area contributed by atoms with Gasteiger partial charge in [-0.15, -0.1) is 0 Å². The van der Waals surface area contributed by atoms with Gasteiger partial charge in [0.15, 0.2) is 11.6 Å². The highest BCUT2D eigenvalue weighted by Crippen LogP contribution is 2.58. The summed E-state index contributed by atoms with van der Waals surface area (Å²) in [7, 11) is 0. The van der Waals surface area contributed by atoms with Gasteiger partial charge < -0.3 is 5.73 Å². The van der Waals surface area contributed by atoms with Crippen molar-refractivity contribution in [2.75, 3.05) is 0 Å². The van der Waals surface area contributed by atoms with Crippen LogP contribution in [0.25, 0.3) is 0 Å². The third kappa shape index (κ3) is 1.05. The van der Waals surface area contributed by atoms with E-state index >= 15 is 0 Å². The Balaban J connectivity index is 2.49. The Morgan fingerprint density at radius 2 is 1.79 bits per heavy atom. The summed E-state index contributed by atoms with van der Waals surface area (Å²) in [6, 6.07) is 3.11. The van der Waals surface area contributed by atoms with Crippen molar-refractivity contribution in [2.45, 2.75) is 17.9 Å². The molecule has 0 amide bonds. The molecule has 0 saturated heterocycles. The minimum atomic E-state index is -3.14. The molecule has 0 heterocycles. The first-order valence-corrected chi connectivity index (χ1v) is 4.00. The van der Waals surface area contributed by atoms with E-state index in [0.717, 1.165) is 18.2 Å². The lowest BCUT2D eigenvalue weighted by Crippen LogP contribution is -2.28. The largest absolute Gasteiger partial charge is 0.316 e. The molecule has 2 N–H and O–H groups in total. The van der Waals surface area contributed by atoms with E-state index in [1.807, 2.05) is 0 Å². The Labute approximate surface area is 77.5 Å². The summed E-state index contributed by atoms with van der Waals surface area (Å²) in [4.78, 5) is 0. The molecular formula is C9H7F4N. The lowest BCUT2D eigenvalue weighted by atomic mass is 10.0. The maximum atomic E-state index is 13.1. The number of nitrogens with two attached hydrogens (primary N) is 1. The average molecular weight is 205 g/mol. The zero-order valence-electron chi connectivity index (χ0n) is 7.03. The Kier molecular flexibility index (Phi) is 1.67. The molecule has 1 aliphatic carbocycles. The fourth-order valence-corrected chi connectivity index (χ4v) is 1.45. The van der Waals surface area contributed by atoms with Gasteiger partial charge in [0.25, 0.3) is 5.92 Å². The van der Waals surface area contributed by atoms with E-state index in [4.69, 9.17) is 5.73 Å². The van der Waals surface area contributed by atoms with E-state index in [2.05, 4.69) is 0 Å². The molecule has 0 aliphatic heterocycles. The summed E-state index contributed by atoms with van der Waals surface area (Å²) in [5, 5.41) is 0. The molecule has 1 saturated carbocycles. The second kappa shape index (κ2) is 2.48. The molecule has 1 nitrogen and oxygen atoms in total. The van der Waals surface area contributed by atoms with Gasteiger partial charge in [-0.1, -0.05) is 12.1 Å². The van der Waals surface area contributed by atoms with E-state index < -0.39 is 35.1 Å². The lowest BCUT2D eigenvalue weighted by molar-refractivity contribution is 0.0880. The molecule has 0 radical (unpaired) electrons. The zero-order chi connectivity index (χ0) is 10.6. The number of alkyl halides is 2. The van der Waals surface area contributed by atoms with Gasteiger partial charge in [-0.2, -0.15) is 0 Å². The summed E-state index contributed by atoms with van der Waals surface area (Å²) >= 11 is 0. The van der Waals surface area contributed by atoms with Crippen molar-refractivity contribution in [3.8, 4) is 0 Å². The smallest absolute Gasteiger partial charge is 0.272 e. The van der Waals surface area contributed by atoms with Crippen molar-refractivity contribution in [1.82, 2.24) is 0 Å². The van der Waals surface area contributed by atoms with Crippen LogP contribution in [0, 0.1) is 11.6 Å². The summed E-state index contributed by atoms with van der Waals surface area (Å²) in [6.45, 7) is 0. The maximum absolute atomic E-state index is 13.1. The molecule has 2 rings (SSSR count). The van der Waals surface area contributed by atoms with Crippen LogP contribution in [0.4, 0.5) is 17.6 Å². The minimum Gasteiger partial charge on any atom is -0.316 e. The van der Waals surface area contributed by atoms with E-state index in [0.29, 0.717) is 0 Å². The number of benzene rings is 1. The van der Waals surface area contributed by atoms with Crippen LogP contribution in [-0.4, -0.2) is 5.92 Å². The first kappa shape index (κ1) is 9.45. The summed E-state index contributed by atoms with van der Waals surface area (Å²) in [6.07, 6.45) is -0.639. The molecule has 5 heteroatoms. The van der Waals surface area contributed by atoms with E-state index in [1.165, 1.54) is 0 Å². The third-order valence-electron chi connectivity index (χ3n) is 2.46. The second-order valence-corrected chi connectivity index (χ2v) is 3.45. The Morgan fingerprint density at radius 3 is 2.29 bits per heavy atom. The molecule has 1 unspecified atom stereocenters. The molecule has 1 aliphatic rings. The fraction of sp³-hybridized carbons (Fsp3) is 0.333. The van der Waals surface area contributed by atoms with E-state index in [9.17, 15) is 17.6 Å². The van der Waals surface area contributed by atoms with Crippen LogP contribution in [-0.2, 0) is 5.54 Å². The molecular weight excluding hydrogens is 198 g/mol. The quantitative estimate of drug-likeness (QED) is 0.698. The Morgan fingerprint density at radius 1 is 1.21 bits per heavy atom. The van der Waals surface area contributed by atoms with Crippen LogP contribution < -0.4 is 5.73 Å². The second-order valence-electron chi connectivity index (χ2n) is 3.45. The molecule has 1 aromatic carbocycles. The molecule has 76 valence electrons. The highest BCUT2D eigenvalue weighted by atomic mass is 19.3. The van der Waals surface area contributed by atoms with Crippen LogP contribution in [0.15, 0.2) is 18.2 Å². The highest BCUT2D eigenvalue weighted by molar-refractivity contribution is 5.37. The van der Waals surface area contributed by atoms with Crippen LogP contribution in [0.1, 0.15) is 12.0 Å². The van der Waals surface area contributed by atoms with Gasteiger partial charge >= 0.3 is 0 Å². The lowest BCUT2D eigenvalue weighted by Gasteiger charge is -2.11. The highest BCUT2D eigenvalue weighted by Gasteiger charge is 2.70. The number of rotatable bonds is 1. The maximum Gasteiger partial charge on any atom is 0.272 e. The van der Waals surface area contributed by atoms with Crippen LogP contribution in [0.3, 0.4) is 0 Å². The average Bonchev–Trinajstić information content (AvgIpc) is 2.58. The number of hydrogen-bond donors (Lipinski definition) is 1. The molecule has 1 fully saturated rings. The Bertz CT molecular complexity index is 390. The van der Waals surface area contributed by atoms with Crippen molar-refractivity contribution in [2.24, 2.45) is 5.73 Å². The molecule has 0 spiro atoms. The molecule has 0 bridgehead atoms. The van der Waals surface area contributed by atoms with Gasteiger partial charge in [0.1, 0.15) is 5.54 Å². The van der Waals surface area contributed by atoms with Crippen molar-refractivity contribution >= 4 is 0 Å². The zero-order valence-corrected chi connectivity index (χ0v) is 7.03. The normalized spacial score (nSPS) is 28.9. The minimum absolute atomic E-state index is 0.456. The van der Waals surface area contributed by atoms with Crippen molar-refractivity contribution in [1.29, 1.82) is 0 Å². The SMILES string of the molecule is NC1(c2cccc(F)c2F)CC1(F)F. The summed E-state index contributed by atoms with van der Waals surface area (Å²) in [5.41, 5.74) is 2.77. The van der Waals surface area contributed by atoms with Gasteiger partial charge in [-0.3, -0.25) is 0 Å². The van der Waals surface area contributed by atoms with Crippen LogP contribution in [0.2, 0.25) is 0 Å². The van der Waals surface area contributed by atoms with E-state index in [1.54, 1.807) is 0 Å². The molecule has 14 heavy (non-hydrogen) atoms. The number of halogens is 4. The van der Waals surface area contributed by atoms with Crippen LogP contribution in [0.5, 0.6) is 0 Å². The third-order valence-corrected chi connectivity index (χ3v) is 2.46. The predicted molar refractivity (Wildman–Crippen MR) is 41.8 cm³/mol.